The Labute approximate surface area is 151 Å². The van der Waals surface area contributed by atoms with Crippen LogP contribution < -0.4 is 5.32 Å². The Bertz CT molecular complexity index is 929. The maximum absolute atomic E-state index is 12.9. The first-order valence-electron chi connectivity index (χ1n) is 8.48. The number of nitrogens with zero attached hydrogens (tertiary/aromatic N) is 1. The lowest BCUT2D eigenvalue weighted by Gasteiger charge is -2.37. The highest BCUT2D eigenvalue weighted by Crippen LogP contribution is 2.43. The van der Waals surface area contributed by atoms with Gasteiger partial charge in [-0.1, -0.05) is 60.7 Å². The van der Waals surface area contributed by atoms with Crippen LogP contribution >= 0.6 is 0 Å². The highest BCUT2D eigenvalue weighted by molar-refractivity contribution is 6.00. The third-order valence-corrected chi connectivity index (χ3v) is 4.90. The Morgan fingerprint density at radius 2 is 1.65 bits per heavy atom. The molecule has 0 bridgehead atoms. The van der Waals surface area contributed by atoms with Crippen LogP contribution in [-0.2, 0) is 9.53 Å². The van der Waals surface area contributed by atoms with Crippen molar-refractivity contribution >= 4 is 11.8 Å². The van der Waals surface area contributed by atoms with E-state index in [0.29, 0.717) is 17.8 Å². The fourth-order valence-electron chi connectivity index (χ4n) is 3.67. The average molecular weight is 343 g/mol. The molecule has 0 spiro atoms. The van der Waals surface area contributed by atoms with E-state index < -0.39 is 11.8 Å². The summed E-state index contributed by atoms with van der Waals surface area (Å²) in [6.45, 7) is 0. The first-order valence-corrected chi connectivity index (χ1v) is 8.48. The molecule has 3 atom stereocenters. The molecule has 0 aromatic heterocycles. The van der Waals surface area contributed by atoms with Gasteiger partial charge in [-0.2, -0.15) is 5.26 Å². The van der Waals surface area contributed by atoms with Gasteiger partial charge in [-0.15, -0.1) is 0 Å². The van der Waals surface area contributed by atoms with Crippen LogP contribution in [0.4, 0.5) is 0 Å². The molecule has 1 unspecified atom stereocenters. The summed E-state index contributed by atoms with van der Waals surface area (Å²) in [5, 5.41) is 20.8. The van der Waals surface area contributed by atoms with E-state index >= 15 is 0 Å². The molecule has 1 amide bonds. The molecule has 26 heavy (non-hydrogen) atoms. The molecule has 0 fully saturated rings. The third-order valence-electron chi connectivity index (χ3n) is 4.90. The molecule has 5 nitrogen and oxygen atoms in total. The molecular weight excluding hydrogens is 326 g/mol. The largest absolute Gasteiger partial charge is 0.446 e. The number of nitriles is 1. The first-order chi connectivity index (χ1) is 12.7. The number of ether oxygens (including phenoxy) is 1. The van der Waals surface area contributed by atoms with E-state index in [-0.39, 0.29) is 17.8 Å². The van der Waals surface area contributed by atoms with Gasteiger partial charge in [0.05, 0.1) is 17.7 Å². The highest BCUT2D eigenvalue weighted by Gasteiger charge is 2.44. The summed E-state index contributed by atoms with van der Waals surface area (Å²) in [5.74, 6) is -1.14. The van der Waals surface area contributed by atoms with Crippen LogP contribution in [0.3, 0.4) is 0 Å². The Hall–Kier alpha value is -3.39. The monoisotopic (exact) mass is 343 g/mol. The average Bonchev–Trinajstić information content (AvgIpc) is 2.68. The summed E-state index contributed by atoms with van der Waals surface area (Å²) in [6, 6.07) is 21.0. The van der Waals surface area contributed by atoms with Gasteiger partial charge >= 0.3 is 0 Å². The second-order valence-electron chi connectivity index (χ2n) is 6.44. The van der Waals surface area contributed by atoms with Gasteiger partial charge in [-0.25, -0.2) is 0 Å². The summed E-state index contributed by atoms with van der Waals surface area (Å²) in [7, 11) is 0. The van der Waals surface area contributed by atoms with E-state index in [4.69, 9.17) is 10.1 Å². The normalized spacial score (nSPS) is 25.0. The number of benzene rings is 2. The quantitative estimate of drug-likeness (QED) is 0.876. The lowest BCUT2D eigenvalue weighted by atomic mass is 9.76. The van der Waals surface area contributed by atoms with Crippen molar-refractivity contribution in [3.8, 4) is 6.07 Å². The molecule has 2 aromatic carbocycles. The predicted octanol–water partition coefficient (Wildman–Crippen LogP) is 3.43. The Morgan fingerprint density at radius 1 is 1.04 bits per heavy atom. The number of hydrogen-bond acceptors (Lipinski definition) is 4. The topological polar surface area (TPSA) is 86.0 Å². The molecule has 0 saturated carbocycles. The fraction of sp³-hybridized carbons (Fsp3) is 0.190. The molecule has 128 valence electrons. The number of carbonyl (C=O) groups excluding carboxylic acids is 1. The fourth-order valence-corrected chi connectivity index (χ4v) is 3.67. The molecule has 4 rings (SSSR count). The van der Waals surface area contributed by atoms with Gasteiger partial charge in [0.25, 0.3) is 5.91 Å². The van der Waals surface area contributed by atoms with Crippen LogP contribution in [0.15, 0.2) is 72.0 Å². The van der Waals surface area contributed by atoms with E-state index in [2.05, 4.69) is 11.4 Å². The lowest BCUT2D eigenvalue weighted by molar-refractivity contribution is -0.119. The summed E-state index contributed by atoms with van der Waals surface area (Å²) in [5.41, 5.74) is 2.29. The maximum Gasteiger partial charge on any atom is 0.251 e. The van der Waals surface area contributed by atoms with Crippen molar-refractivity contribution in [3.05, 3.63) is 83.1 Å². The summed E-state index contributed by atoms with van der Waals surface area (Å²) < 4.78 is 5.65. The van der Waals surface area contributed by atoms with Crippen molar-refractivity contribution in [2.45, 2.75) is 18.4 Å². The van der Waals surface area contributed by atoms with Crippen LogP contribution in [0, 0.1) is 22.7 Å². The van der Waals surface area contributed by atoms with E-state index in [1.807, 2.05) is 60.7 Å². The van der Waals surface area contributed by atoms with Gasteiger partial charge in [-0.05, 0) is 11.1 Å². The summed E-state index contributed by atoms with van der Waals surface area (Å²) in [6.07, 6.45) is 0.467. The van der Waals surface area contributed by atoms with Gasteiger partial charge in [0.1, 0.15) is 11.7 Å². The smallest absolute Gasteiger partial charge is 0.251 e. The number of nitrogens with one attached hydrogen (secondary N) is 2. The van der Waals surface area contributed by atoms with Gasteiger partial charge in [-0.3, -0.25) is 10.2 Å². The van der Waals surface area contributed by atoms with Crippen LogP contribution in [0.2, 0.25) is 0 Å². The number of hydrogen-bond donors (Lipinski definition) is 2. The summed E-state index contributed by atoms with van der Waals surface area (Å²) >= 11 is 0. The van der Waals surface area contributed by atoms with Crippen molar-refractivity contribution in [1.82, 2.24) is 5.32 Å². The zero-order valence-corrected chi connectivity index (χ0v) is 14.0. The molecular formula is C21H17N3O2. The predicted molar refractivity (Wildman–Crippen MR) is 96.1 cm³/mol. The number of rotatable bonds is 2. The molecule has 0 radical (unpaired) electrons. The molecule has 0 saturated heterocycles. The second-order valence-corrected chi connectivity index (χ2v) is 6.44. The van der Waals surface area contributed by atoms with Crippen LogP contribution in [-0.4, -0.2) is 11.8 Å². The molecule has 2 aromatic rings. The highest BCUT2D eigenvalue weighted by atomic mass is 16.5. The van der Waals surface area contributed by atoms with Gasteiger partial charge in [0.2, 0.25) is 5.90 Å². The van der Waals surface area contributed by atoms with Gasteiger partial charge in [0.15, 0.2) is 0 Å². The van der Waals surface area contributed by atoms with Crippen molar-refractivity contribution in [3.63, 3.8) is 0 Å². The van der Waals surface area contributed by atoms with E-state index in [1.54, 1.807) is 0 Å². The zero-order chi connectivity index (χ0) is 18.1. The molecule has 0 aliphatic carbocycles. The van der Waals surface area contributed by atoms with Crippen molar-refractivity contribution < 1.29 is 9.53 Å². The van der Waals surface area contributed by atoms with Gasteiger partial charge in [0, 0.05) is 12.3 Å². The third kappa shape index (κ3) is 2.66. The lowest BCUT2D eigenvalue weighted by Crippen LogP contribution is -2.43. The Kier molecular flexibility index (Phi) is 4.02. The zero-order valence-electron chi connectivity index (χ0n) is 14.0. The van der Waals surface area contributed by atoms with E-state index in [0.717, 1.165) is 11.1 Å². The molecule has 2 N–H and O–H groups in total. The second kappa shape index (κ2) is 6.49. The molecule has 2 aliphatic rings. The first kappa shape index (κ1) is 16.1. The molecule has 2 aliphatic heterocycles. The standard InChI is InChI=1S/C21H17N3O2/c22-12-15-18(14-9-5-2-6-10-14)19-17(26-20(15)23)11-16(24-21(19)25)13-7-3-1-4-8-13/h1-10,15-16,18,23H,11H2,(H,24,25)/t15?,16-,18-/m1/s1. The van der Waals surface area contributed by atoms with Crippen LogP contribution in [0.25, 0.3) is 0 Å². The minimum atomic E-state index is -0.810. The van der Waals surface area contributed by atoms with Crippen molar-refractivity contribution in [1.29, 1.82) is 10.7 Å². The minimum Gasteiger partial charge on any atom is -0.446 e. The molecule has 5 heteroatoms. The maximum atomic E-state index is 12.9. The van der Waals surface area contributed by atoms with E-state index in [9.17, 15) is 10.1 Å². The van der Waals surface area contributed by atoms with Crippen LogP contribution in [0.1, 0.15) is 29.5 Å². The number of carbonyl (C=O) groups is 1. The van der Waals surface area contributed by atoms with Crippen molar-refractivity contribution in [2.75, 3.05) is 0 Å². The Morgan fingerprint density at radius 3 is 2.27 bits per heavy atom. The summed E-state index contributed by atoms with van der Waals surface area (Å²) in [4.78, 5) is 12.9. The van der Waals surface area contributed by atoms with Crippen molar-refractivity contribution in [2.24, 2.45) is 5.92 Å². The molecule has 2 heterocycles. The van der Waals surface area contributed by atoms with Crippen LogP contribution in [0.5, 0.6) is 0 Å². The minimum absolute atomic E-state index is 0.0957. The Balaban J connectivity index is 1.79. The van der Waals surface area contributed by atoms with E-state index in [1.165, 1.54) is 0 Å². The van der Waals surface area contributed by atoms with Gasteiger partial charge < -0.3 is 10.1 Å². The SMILES string of the molecule is N#CC1C(=N)OC2=C(C(=O)N[C@@H](c3ccccc3)C2)[C@@H]1c1ccccc1. The number of amides is 1.